The number of carbonyl (C=O) groups excluding carboxylic acids is 1. The van der Waals surface area contributed by atoms with Crippen molar-refractivity contribution in [2.45, 2.75) is 38.3 Å². The fourth-order valence-electron chi connectivity index (χ4n) is 4.03. The van der Waals surface area contributed by atoms with Gasteiger partial charge in [-0.25, -0.2) is 4.98 Å². The molecule has 0 radical (unpaired) electrons. The van der Waals surface area contributed by atoms with Crippen molar-refractivity contribution in [2.75, 3.05) is 0 Å². The van der Waals surface area contributed by atoms with Gasteiger partial charge in [-0.15, -0.1) is 0 Å². The second kappa shape index (κ2) is 5.59. The summed E-state index contributed by atoms with van der Waals surface area (Å²) in [5.41, 5.74) is 1.94. The minimum Gasteiger partial charge on any atom is -0.349 e. The zero-order valence-electron chi connectivity index (χ0n) is 12.6. The summed E-state index contributed by atoms with van der Waals surface area (Å²) >= 11 is 0. The lowest BCUT2D eigenvalue weighted by molar-refractivity contribution is 0.0923. The van der Waals surface area contributed by atoms with E-state index < -0.39 is 0 Å². The van der Waals surface area contributed by atoms with Crippen molar-refractivity contribution in [3.05, 3.63) is 54.1 Å². The molecule has 2 aliphatic rings. The van der Waals surface area contributed by atoms with Gasteiger partial charge in [0.1, 0.15) is 0 Å². The van der Waals surface area contributed by atoms with Crippen LogP contribution in [0.3, 0.4) is 0 Å². The van der Waals surface area contributed by atoms with Crippen LogP contribution in [0, 0.1) is 11.8 Å². The third-order valence-corrected chi connectivity index (χ3v) is 5.20. The molecular formula is C18H21N3O. The summed E-state index contributed by atoms with van der Waals surface area (Å²) in [6, 6.07) is 8.30. The predicted octanol–water partition coefficient (Wildman–Crippen LogP) is 2.85. The highest BCUT2D eigenvalue weighted by Crippen LogP contribution is 2.44. The van der Waals surface area contributed by atoms with Gasteiger partial charge < -0.3 is 9.88 Å². The molecule has 0 spiro atoms. The molecule has 3 atom stereocenters. The molecule has 1 aromatic heterocycles. The number of carbonyl (C=O) groups is 1. The molecule has 2 aromatic rings. The Kier molecular flexibility index (Phi) is 3.45. The Hall–Kier alpha value is -2.10. The summed E-state index contributed by atoms with van der Waals surface area (Å²) in [6.07, 6.45) is 10.7. The number of hydrogen-bond donors (Lipinski definition) is 1. The fraction of sp³-hybridized carbons (Fsp3) is 0.444. The van der Waals surface area contributed by atoms with Crippen LogP contribution in [0.1, 0.15) is 41.6 Å². The lowest BCUT2D eigenvalue weighted by Crippen LogP contribution is -2.38. The molecular weight excluding hydrogens is 274 g/mol. The number of benzene rings is 1. The maximum Gasteiger partial charge on any atom is 0.251 e. The van der Waals surface area contributed by atoms with Crippen molar-refractivity contribution < 1.29 is 4.79 Å². The predicted molar refractivity (Wildman–Crippen MR) is 84.5 cm³/mol. The van der Waals surface area contributed by atoms with Gasteiger partial charge in [-0.3, -0.25) is 4.79 Å². The SMILES string of the molecule is O=C(N[C@H]1C[C@H]2CC[C@@H]1C2)c1ccc(Cn2ccnc2)cc1. The van der Waals surface area contributed by atoms with Gasteiger partial charge in [0, 0.05) is 30.5 Å². The second-order valence-corrected chi connectivity index (χ2v) is 6.69. The molecule has 4 heteroatoms. The first kappa shape index (κ1) is 13.6. The molecule has 4 nitrogen and oxygen atoms in total. The van der Waals surface area contributed by atoms with Crippen molar-refractivity contribution in [3.63, 3.8) is 0 Å². The summed E-state index contributed by atoms with van der Waals surface area (Å²) in [6.45, 7) is 0.786. The topological polar surface area (TPSA) is 46.9 Å². The third-order valence-electron chi connectivity index (χ3n) is 5.20. The van der Waals surface area contributed by atoms with Gasteiger partial charge in [0.05, 0.1) is 6.33 Å². The summed E-state index contributed by atoms with van der Waals surface area (Å²) < 4.78 is 2.02. The average Bonchev–Trinajstić information content (AvgIpc) is 3.25. The maximum atomic E-state index is 12.4. The van der Waals surface area contributed by atoms with E-state index in [0.717, 1.165) is 23.9 Å². The molecule has 22 heavy (non-hydrogen) atoms. The highest BCUT2D eigenvalue weighted by Gasteiger charge is 2.40. The second-order valence-electron chi connectivity index (χ2n) is 6.69. The van der Waals surface area contributed by atoms with Crippen LogP contribution >= 0.6 is 0 Å². The smallest absolute Gasteiger partial charge is 0.251 e. The van der Waals surface area contributed by atoms with Gasteiger partial charge in [0.15, 0.2) is 0 Å². The van der Waals surface area contributed by atoms with E-state index in [0.29, 0.717) is 6.04 Å². The summed E-state index contributed by atoms with van der Waals surface area (Å²) in [5.74, 6) is 1.65. The van der Waals surface area contributed by atoms with Crippen LogP contribution in [0.2, 0.25) is 0 Å². The molecule has 2 aliphatic carbocycles. The van der Waals surface area contributed by atoms with E-state index in [9.17, 15) is 4.79 Å². The number of rotatable bonds is 4. The molecule has 4 rings (SSSR count). The highest BCUT2D eigenvalue weighted by atomic mass is 16.1. The van der Waals surface area contributed by atoms with Gasteiger partial charge >= 0.3 is 0 Å². The maximum absolute atomic E-state index is 12.4. The molecule has 2 fully saturated rings. The molecule has 1 heterocycles. The zero-order valence-corrected chi connectivity index (χ0v) is 12.6. The Balaban J connectivity index is 1.38. The summed E-state index contributed by atoms with van der Waals surface area (Å²) in [4.78, 5) is 16.4. The van der Waals surface area contributed by atoms with Crippen LogP contribution in [0.5, 0.6) is 0 Å². The Morgan fingerprint density at radius 3 is 2.73 bits per heavy atom. The summed E-state index contributed by atoms with van der Waals surface area (Å²) in [7, 11) is 0. The van der Waals surface area contributed by atoms with Crippen molar-refractivity contribution in [3.8, 4) is 0 Å². The van der Waals surface area contributed by atoms with Gasteiger partial charge in [0.2, 0.25) is 0 Å². The molecule has 0 unspecified atom stereocenters. The van der Waals surface area contributed by atoms with E-state index >= 15 is 0 Å². The van der Waals surface area contributed by atoms with Gasteiger partial charge in [-0.1, -0.05) is 18.6 Å². The molecule has 0 saturated heterocycles. The first-order chi connectivity index (χ1) is 10.8. The Bertz CT molecular complexity index is 647. The van der Waals surface area contributed by atoms with E-state index in [1.54, 1.807) is 12.5 Å². The van der Waals surface area contributed by atoms with E-state index in [1.807, 2.05) is 35.0 Å². The molecule has 114 valence electrons. The average molecular weight is 295 g/mol. The van der Waals surface area contributed by atoms with Gasteiger partial charge in [0.25, 0.3) is 5.91 Å². The highest BCUT2D eigenvalue weighted by molar-refractivity contribution is 5.94. The number of imidazole rings is 1. The summed E-state index contributed by atoms with van der Waals surface area (Å²) in [5, 5.41) is 3.24. The van der Waals surface area contributed by atoms with E-state index in [1.165, 1.54) is 31.2 Å². The fourth-order valence-corrected chi connectivity index (χ4v) is 4.03. The number of fused-ring (bicyclic) bond motifs is 2. The first-order valence-corrected chi connectivity index (χ1v) is 8.13. The number of amides is 1. The van der Waals surface area contributed by atoms with Crippen LogP contribution in [-0.4, -0.2) is 21.5 Å². The monoisotopic (exact) mass is 295 g/mol. The van der Waals surface area contributed by atoms with Crippen molar-refractivity contribution >= 4 is 5.91 Å². The van der Waals surface area contributed by atoms with Crippen molar-refractivity contribution in [1.29, 1.82) is 0 Å². The number of nitrogens with zero attached hydrogens (tertiary/aromatic N) is 2. The molecule has 2 saturated carbocycles. The largest absolute Gasteiger partial charge is 0.349 e. The van der Waals surface area contributed by atoms with Crippen LogP contribution in [0.25, 0.3) is 0 Å². The van der Waals surface area contributed by atoms with Crippen LogP contribution in [0.15, 0.2) is 43.0 Å². The van der Waals surface area contributed by atoms with Crippen LogP contribution in [0.4, 0.5) is 0 Å². The molecule has 2 bridgehead atoms. The molecule has 1 amide bonds. The lowest BCUT2D eigenvalue weighted by atomic mass is 9.95. The molecule has 0 aliphatic heterocycles. The standard InChI is InChI=1S/C18H21N3O/c22-18(20-17-10-14-3-6-16(17)9-14)15-4-1-13(2-5-15)11-21-8-7-19-12-21/h1-2,4-5,7-8,12,14,16-17H,3,6,9-11H2,(H,20,22)/t14-,16+,17-/m0/s1. The van der Waals surface area contributed by atoms with Crippen molar-refractivity contribution in [2.24, 2.45) is 11.8 Å². The minimum atomic E-state index is 0.0757. The Labute approximate surface area is 130 Å². The number of aromatic nitrogens is 2. The van der Waals surface area contributed by atoms with E-state index in [2.05, 4.69) is 10.3 Å². The minimum absolute atomic E-state index is 0.0757. The van der Waals surface area contributed by atoms with Crippen LogP contribution in [-0.2, 0) is 6.54 Å². The van der Waals surface area contributed by atoms with Crippen molar-refractivity contribution in [1.82, 2.24) is 14.9 Å². The normalized spacial score (nSPS) is 26.3. The quantitative estimate of drug-likeness (QED) is 0.943. The molecule has 1 N–H and O–H groups in total. The number of nitrogens with one attached hydrogen (secondary N) is 1. The first-order valence-electron chi connectivity index (χ1n) is 8.13. The lowest BCUT2D eigenvalue weighted by Gasteiger charge is -2.22. The Morgan fingerprint density at radius 2 is 2.09 bits per heavy atom. The van der Waals surface area contributed by atoms with E-state index in [4.69, 9.17) is 0 Å². The molecule has 1 aromatic carbocycles. The van der Waals surface area contributed by atoms with E-state index in [-0.39, 0.29) is 5.91 Å². The number of hydrogen-bond acceptors (Lipinski definition) is 2. The van der Waals surface area contributed by atoms with Gasteiger partial charge in [-0.05, 0) is 48.8 Å². The van der Waals surface area contributed by atoms with Gasteiger partial charge in [-0.2, -0.15) is 0 Å². The third kappa shape index (κ3) is 2.65. The zero-order chi connectivity index (χ0) is 14.9. The Morgan fingerprint density at radius 1 is 1.23 bits per heavy atom. The van der Waals surface area contributed by atoms with Crippen LogP contribution < -0.4 is 5.32 Å².